The van der Waals surface area contributed by atoms with E-state index in [1.165, 1.54) is 0 Å². The first-order valence-electron chi connectivity index (χ1n) is 7.46. The lowest BCUT2D eigenvalue weighted by Crippen LogP contribution is -2.41. The van der Waals surface area contributed by atoms with Gasteiger partial charge in [-0.05, 0) is 24.6 Å². The zero-order valence-electron chi connectivity index (χ0n) is 13.4. The van der Waals surface area contributed by atoms with E-state index >= 15 is 0 Å². The van der Waals surface area contributed by atoms with Crippen LogP contribution in [0.3, 0.4) is 0 Å². The summed E-state index contributed by atoms with van der Waals surface area (Å²) >= 11 is 0. The molecule has 0 spiro atoms. The van der Waals surface area contributed by atoms with Crippen LogP contribution in [0.2, 0.25) is 18.1 Å². The zero-order chi connectivity index (χ0) is 14.5. The Morgan fingerprint density at radius 2 is 1.68 bits per heavy atom. The van der Waals surface area contributed by atoms with E-state index in [0.29, 0.717) is 5.04 Å². The maximum atomic E-state index is 8.92. The molecule has 0 amide bonds. The Labute approximate surface area is 119 Å². The highest BCUT2D eigenvalue weighted by Crippen LogP contribution is 2.36. The van der Waals surface area contributed by atoms with Crippen LogP contribution >= 0.6 is 0 Å². The molecule has 1 heterocycles. The van der Waals surface area contributed by atoms with Gasteiger partial charge in [0, 0.05) is 32.8 Å². The second-order valence-corrected chi connectivity index (χ2v) is 11.9. The highest BCUT2D eigenvalue weighted by Gasteiger charge is 2.36. The molecule has 0 aromatic heterocycles. The van der Waals surface area contributed by atoms with Gasteiger partial charge in [-0.2, -0.15) is 0 Å². The predicted molar refractivity (Wildman–Crippen MR) is 82.9 cm³/mol. The molecule has 1 N–H and O–H groups in total. The van der Waals surface area contributed by atoms with Crippen LogP contribution in [0.15, 0.2) is 0 Å². The second-order valence-electron chi connectivity index (χ2n) is 7.06. The van der Waals surface area contributed by atoms with Gasteiger partial charge >= 0.3 is 0 Å². The van der Waals surface area contributed by atoms with Crippen molar-refractivity contribution < 1.29 is 9.53 Å². The van der Waals surface area contributed by atoms with Gasteiger partial charge in [0.05, 0.1) is 13.3 Å². The van der Waals surface area contributed by atoms with Crippen molar-refractivity contribution in [2.24, 2.45) is 0 Å². The standard InChI is InChI=1S/C14H32N2O2Si/c1-14(2,3)19(4,5)18-12-6-7-15-8-9-16(13-15)10-11-17/h17H,6-13H2,1-5H3. The summed E-state index contributed by atoms with van der Waals surface area (Å²) in [6, 6.07) is 0. The molecule has 19 heavy (non-hydrogen) atoms. The van der Waals surface area contributed by atoms with Gasteiger partial charge in [0.25, 0.3) is 0 Å². The predicted octanol–water partition coefficient (Wildman–Crippen LogP) is 1.97. The maximum absolute atomic E-state index is 8.92. The smallest absolute Gasteiger partial charge is 0.191 e. The molecule has 0 atom stereocenters. The molecule has 0 aromatic carbocycles. The van der Waals surface area contributed by atoms with Crippen molar-refractivity contribution in [1.29, 1.82) is 0 Å². The largest absolute Gasteiger partial charge is 0.417 e. The number of aliphatic hydroxyl groups excluding tert-OH is 1. The van der Waals surface area contributed by atoms with Crippen molar-refractivity contribution in [2.75, 3.05) is 46.1 Å². The number of rotatable bonds is 7. The van der Waals surface area contributed by atoms with Gasteiger partial charge in [-0.25, -0.2) is 0 Å². The van der Waals surface area contributed by atoms with Crippen molar-refractivity contribution in [3.05, 3.63) is 0 Å². The monoisotopic (exact) mass is 288 g/mol. The summed E-state index contributed by atoms with van der Waals surface area (Å²) in [6.07, 6.45) is 1.11. The first-order valence-corrected chi connectivity index (χ1v) is 10.4. The molecule has 1 saturated heterocycles. The molecule has 0 bridgehead atoms. The van der Waals surface area contributed by atoms with E-state index in [0.717, 1.165) is 45.9 Å². The van der Waals surface area contributed by atoms with Gasteiger partial charge in [-0.1, -0.05) is 20.8 Å². The van der Waals surface area contributed by atoms with Crippen molar-refractivity contribution in [3.63, 3.8) is 0 Å². The van der Waals surface area contributed by atoms with Crippen LogP contribution in [-0.2, 0) is 4.43 Å². The zero-order valence-corrected chi connectivity index (χ0v) is 14.4. The fraction of sp³-hybridized carbons (Fsp3) is 1.00. The number of nitrogens with zero attached hydrogens (tertiary/aromatic N) is 2. The first kappa shape index (κ1) is 17.1. The highest BCUT2D eigenvalue weighted by atomic mass is 28.4. The summed E-state index contributed by atoms with van der Waals surface area (Å²) in [5.41, 5.74) is 0. The van der Waals surface area contributed by atoms with E-state index in [1.807, 2.05) is 0 Å². The molecule has 114 valence electrons. The molecule has 1 aliphatic rings. The van der Waals surface area contributed by atoms with Crippen molar-refractivity contribution in [2.45, 2.75) is 45.3 Å². The lowest BCUT2D eigenvalue weighted by Gasteiger charge is -2.36. The van der Waals surface area contributed by atoms with Crippen LogP contribution in [-0.4, -0.2) is 69.3 Å². The summed E-state index contributed by atoms with van der Waals surface area (Å²) in [4.78, 5) is 4.75. The fourth-order valence-electron chi connectivity index (χ4n) is 2.05. The molecule has 0 radical (unpaired) electrons. The molecular formula is C14H32N2O2Si. The highest BCUT2D eigenvalue weighted by molar-refractivity contribution is 6.74. The third kappa shape index (κ3) is 5.51. The molecule has 5 heteroatoms. The Morgan fingerprint density at radius 1 is 1.11 bits per heavy atom. The molecule has 4 nitrogen and oxygen atoms in total. The first-order chi connectivity index (χ1) is 8.76. The molecule has 1 fully saturated rings. The number of hydrogen-bond donors (Lipinski definition) is 1. The maximum Gasteiger partial charge on any atom is 0.191 e. The van der Waals surface area contributed by atoms with Crippen LogP contribution < -0.4 is 0 Å². The SMILES string of the molecule is CC(C)(C)[Si](C)(C)OCCCN1CCN(CCO)C1. The van der Waals surface area contributed by atoms with Crippen LogP contribution in [0.25, 0.3) is 0 Å². The van der Waals surface area contributed by atoms with Crippen LogP contribution in [0.4, 0.5) is 0 Å². The van der Waals surface area contributed by atoms with Gasteiger partial charge in [0.15, 0.2) is 8.32 Å². The molecule has 1 aliphatic heterocycles. The Morgan fingerprint density at radius 3 is 2.21 bits per heavy atom. The summed E-state index contributed by atoms with van der Waals surface area (Å²) in [5.74, 6) is 0. The van der Waals surface area contributed by atoms with E-state index in [2.05, 4.69) is 43.7 Å². The molecule has 0 saturated carbocycles. The van der Waals surface area contributed by atoms with E-state index in [4.69, 9.17) is 9.53 Å². The third-order valence-electron chi connectivity index (χ3n) is 4.44. The average Bonchev–Trinajstić information content (AvgIpc) is 2.71. The fourth-order valence-corrected chi connectivity index (χ4v) is 3.13. The van der Waals surface area contributed by atoms with E-state index in [1.54, 1.807) is 0 Å². The third-order valence-corrected chi connectivity index (χ3v) is 8.97. The Balaban J connectivity index is 2.15. The minimum Gasteiger partial charge on any atom is -0.417 e. The van der Waals surface area contributed by atoms with Crippen molar-refractivity contribution in [3.8, 4) is 0 Å². The Hall–Kier alpha value is 0.0569. The summed E-state index contributed by atoms with van der Waals surface area (Å²) < 4.78 is 6.19. The topological polar surface area (TPSA) is 35.9 Å². The van der Waals surface area contributed by atoms with Crippen molar-refractivity contribution >= 4 is 8.32 Å². The van der Waals surface area contributed by atoms with Gasteiger partial charge in [-0.15, -0.1) is 0 Å². The van der Waals surface area contributed by atoms with E-state index in [9.17, 15) is 0 Å². The quantitative estimate of drug-likeness (QED) is 0.574. The van der Waals surface area contributed by atoms with Gasteiger partial charge < -0.3 is 9.53 Å². The normalized spacial score (nSPS) is 19.3. The van der Waals surface area contributed by atoms with Crippen LogP contribution in [0, 0.1) is 0 Å². The van der Waals surface area contributed by atoms with Gasteiger partial charge in [0.1, 0.15) is 0 Å². The number of β-amino-alcohol motifs (C(OH)–C–C–N with tert-alkyl or cyclic N) is 1. The lowest BCUT2D eigenvalue weighted by molar-refractivity contribution is 0.185. The average molecular weight is 289 g/mol. The van der Waals surface area contributed by atoms with E-state index < -0.39 is 8.32 Å². The summed E-state index contributed by atoms with van der Waals surface area (Å²) in [5, 5.41) is 9.22. The van der Waals surface area contributed by atoms with Gasteiger partial charge in [-0.3, -0.25) is 9.80 Å². The molecular weight excluding hydrogens is 256 g/mol. The Kier molecular flexibility index (Phi) is 6.46. The van der Waals surface area contributed by atoms with Crippen molar-refractivity contribution in [1.82, 2.24) is 9.80 Å². The van der Waals surface area contributed by atoms with Crippen LogP contribution in [0.1, 0.15) is 27.2 Å². The lowest BCUT2D eigenvalue weighted by atomic mass is 10.2. The Bertz CT molecular complexity index is 267. The molecule has 0 unspecified atom stereocenters. The minimum absolute atomic E-state index is 0.266. The van der Waals surface area contributed by atoms with E-state index in [-0.39, 0.29) is 6.61 Å². The molecule has 0 aliphatic carbocycles. The minimum atomic E-state index is -1.57. The molecule has 1 rings (SSSR count). The molecule has 0 aromatic rings. The van der Waals surface area contributed by atoms with Crippen LogP contribution in [0.5, 0.6) is 0 Å². The number of hydrogen-bond acceptors (Lipinski definition) is 4. The number of aliphatic hydroxyl groups is 1. The summed E-state index contributed by atoms with van der Waals surface area (Å²) in [6.45, 7) is 17.7. The van der Waals surface area contributed by atoms with Gasteiger partial charge in [0.2, 0.25) is 0 Å². The second kappa shape index (κ2) is 7.18. The summed E-state index contributed by atoms with van der Waals surface area (Å²) in [7, 11) is -1.57.